The van der Waals surface area contributed by atoms with E-state index in [1.54, 1.807) is 18.3 Å². The van der Waals surface area contributed by atoms with Gasteiger partial charge in [0.15, 0.2) is 5.78 Å². The molecule has 5 heteroatoms. The summed E-state index contributed by atoms with van der Waals surface area (Å²) in [5, 5.41) is 9.76. The van der Waals surface area contributed by atoms with E-state index >= 15 is 0 Å². The molecule has 0 saturated heterocycles. The molecule has 17 heavy (non-hydrogen) atoms. The number of hydrogen-bond acceptors (Lipinski definition) is 3. The van der Waals surface area contributed by atoms with Crippen LogP contribution in [0, 0.1) is 0 Å². The molecule has 0 radical (unpaired) electrons. The van der Waals surface area contributed by atoms with Crippen molar-refractivity contribution in [2.45, 2.75) is 0 Å². The molecule has 0 spiro atoms. The predicted octanol–water partition coefficient (Wildman–Crippen LogP) is 2.72. The lowest BCUT2D eigenvalue weighted by Crippen LogP contribution is -2.01. The second-order valence-electron chi connectivity index (χ2n) is 3.42. The zero-order valence-electron chi connectivity index (χ0n) is 9.03. The van der Waals surface area contributed by atoms with Crippen LogP contribution < -0.4 is 4.74 Å². The summed E-state index contributed by atoms with van der Waals surface area (Å²) in [6.07, 6.45) is 1.65. The Kier molecular flexibility index (Phi) is 3.19. The molecule has 2 N–H and O–H groups in total. The van der Waals surface area contributed by atoms with Crippen LogP contribution in [0.25, 0.3) is 0 Å². The summed E-state index contributed by atoms with van der Waals surface area (Å²) in [5.74, 6) is 0.160. The van der Waals surface area contributed by atoms with Gasteiger partial charge in [0.1, 0.15) is 11.5 Å². The number of carbonyl (C=O) groups excluding carboxylic acids is 1. The molecule has 2 rings (SSSR count). The van der Waals surface area contributed by atoms with E-state index in [-0.39, 0.29) is 17.1 Å². The normalized spacial score (nSPS) is 10.2. The number of hydrogen-bond donors (Lipinski definition) is 2. The first-order valence-corrected chi connectivity index (χ1v) is 5.67. The average molecular weight is 296 g/mol. The summed E-state index contributed by atoms with van der Waals surface area (Å²) in [6.45, 7) is 0. The Bertz CT molecular complexity index is 563. The van der Waals surface area contributed by atoms with E-state index in [9.17, 15) is 9.90 Å². The highest BCUT2D eigenvalue weighted by Gasteiger charge is 2.17. The number of phenols is 1. The summed E-state index contributed by atoms with van der Waals surface area (Å²) in [6, 6.07) is 6.23. The van der Waals surface area contributed by atoms with Crippen molar-refractivity contribution in [3.63, 3.8) is 0 Å². The molecule has 0 amide bonds. The molecule has 0 aliphatic rings. The molecule has 2 aromatic rings. The molecular formula is C12H10BrNO3. The fourth-order valence-corrected chi connectivity index (χ4v) is 1.94. The van der Waals surface area contributed by atoms with Crippen LogP contribution in [-0.4, -0.2) is 23.0 Å². The van der Waals surface area contributed by atoms with Crippen molar-refractivity contribution in [2.75, 3.05) is 7.11 Å². The summed E-state index contributed by atoms with van der Waals surface area (Å²) >= 11 is 3.23. The van der Waals surface area contributed by atoms with Crippen LogP contribution in [0.4, 0.5) is 0 Å². The molecule has 1 aromatic heterocycles. The van der Waals surface area contributed by atoms with Gasteiger partial charge in [-0.05, 0) is 34.1 Å². The standard InChI is InChI=1S/C12H10BrNO3/c1-17-7-2-3-8(10(15)6-7)11(16)9-4-5-14-12(9)13/h2-6,14-15H,1H3. The molecule has 0 saturated carbocycles. The minimum Gasteiger partial charge on any atom is -0.507 e. The van der Waals surface area contributed by atoms with Gasteiger partial charge in [-0.15, -0.1) is 0 Å². The van der Waals surface area contributed by atoms with Gasteiger partial charge in [0.2, 0.25) is 0 Å². The van der Waals surface area contributed by atoms with Gasteiger partial charge in [0.25, 0.3) is 0 Å². The maximum atomic E-state index is 12.1. The third kappa shape index (κ3) is 2.19. The number of carbonyl (C=O) groups is 1. The number of nitrogens with one attached hydrogen (secondary N) is 1. The molecule has 0 unspecified atom stereocenters. The van der Waals surface area contributed by atoms with E-state index in [4.69, 9.17) is 4.74 Å². The first kappa shape index (κ1) is 11.7. The summed E-state index contributed by atoms with van der Waals surface area (Å²) in [4.78, 5) is 14.9. The minimum absolute atomic E-state index is 0.0950. The Balaban J connectivity index is 2.41. The number of rotatable bonds is 3. The molecule has 1 heterocycles. The van der Waals surface area contributed by atoms with Crippen LogP contribution in [0.1, 0.15) is 15.9 Å². The highest BCUT2D eigenvalue weighted by atomic mass is 79.9. The van der Waals surface area contributed by atoms with Gasteiger partial charge in [-0.2, -0.15) is 0 Å². The number of aromatic nitrogens is 1. The lowest BCUT2D eigenvalue weighted by atomic mass is 10.0. The third-order valence-electron chi connectivity index (χ3n) is 2.39. The number of halogens is 1. The summed E-state index contributed by atoms with van der Waals surface area (Å²) < 4.78 is 5.55. The van der Waals surface area contributed by atoms with Gasteiger partial charge in [0.05, 0.1) is 22.8 Å². The molecule has 0 atom stereocenters. The molecule has 0 bridgehead atoms. The van der Waals surface area contributed by atoms with Crippen molar-refractivity contribution >= 4 is 21.7 Å². The van der Waals surface area contributed by atoms with Gasteiger partial charge >= 0.3 is 0 Å². The van der Waals surface area contributed by atoms with E-state index in [2.05, 4.69) is 20.9 Å². The number of aromatic hydroxyl groups is 1. The first-order valence-electron chi connectivity index (χ1n) is 4.88. The largest absolute Gasteiger partial charge is 0.507 e. The summed E-state index contributed by atoms with van der Waals surface area (Å²) in [5.41, 5.74) is 0.719. The average Bonchev–Trinajstić information content (AvgIpc) is 2.74. The zero-order chi connectivity index (χ0) is 12.4. The molecule has 0 fully saturated rings. The highest BCUT2D eigenvalue weighted by Crippen LogP contribution is 2.27. The van der Waals surface area contributed by atoms with E-state index in [1.165, 1.54) is 19.2 Å². The van der Waals surface area contributed by atoms with E-state index in [1.807, 2.05) is 0 Å². The molecule has 4 nitrogen and oxygen atoms in total. The fraction of sp³-hybridized carbons (Fsp3) is 0.0833. The maximum Gasteiger partial charge on any atom is 0.199 e. The predicted molar refractivity (Wildman–Crippen MR) is 66.6 cm³/mol. The van der Waals surface area contributed by atoms with Crippen LogP contribution in [-0.2, 0) is 0 Å². The zero-order valence-corrected chi connectivity index (χ0v) is 10.6. The minimum atomic E-state index is -0.252. The first-order chi connectivity index (χ1) is 8.13. The monoisotopic (exact) mass is 295 g/mol. The highest BCUT2D eigenvalue weighted by molar-refractivity contribution is 9.10. The topological polar surface area (TPSA) is 62.3 Å². The van der Waals surface area contributed by atoms with Gasteiger partial charge in [-0.3, -0.25) is 4.79 Å². The molecular weight excluding hydrogens is 286 g/mol. The quantitative estimate of drug-likeness (QED) is 0.856. The molecule has 88 valence electrons. The Morgan fingerprint density at radius 2 is 2.12 bits per heavy atom. The van der Waals surface area contributed by atoms with E-state index in [0.717, 1.165) is 0 Å². The third-order valence-corrected chi connectivity index (χ3v) is 3.05. The van der Waals surface area contributed by atoms with Gasteiger partial charge in [-0.1, -0.05) is 0 Å². The lowest BCUT2D eigenvalue weighted by molar-refractivity contribution is 0.103. The Morgan fingerprint density at radius 3 is 2.65 bits per heavy atom. The number of benzene rings is 1. The summed E-state index contributed by atoms with van der Waals surface area (Å²) in [7, 11) is 1.50. The molecule has 1 aromatic carbocycles. The number of ketones is 1. The Labute approximate surface area is 106 Å². The van der Waals surface area contributed by atoms with Crippen molar-refractivity contribution < 1.29 is 14.6 Å². The van der Waals surface area contributed by atoms with Crippen LogP contribution in [0.3, 0.4) is 0 Å². The fourth-order valence-electron chi connectivity index (χ4n) is 1.50. The Hall–Kier alpha value is -1.75. The Morgan fingerprint density at radius 1 is 1.35 bits per heavy atom. The van der Waals surface area contributed by atoms with E-state index in [0.29, 0.717) is 15.9 Å². The second kappa shape index (κ2) is 4.63. The smallest absolute Gasteiger partial charge is 0.199 e. The molecule has 0 aliphatic heterocycles. The van der Waals surface area contributed by atoms with Gasteiger partial charge in [0, 0.05) is 12.3 Å². The van der Waals surface area contributed by atoms with Crippen molar-refractivity contribution in [3.05, 3.63) is 46.2 Å². The van der Waals surface area contributed by atoms with Crippen molar-refractivity contribution in [1.29, 1.82) is 0 Å². The number of aromatic amines is 1. The number of phenolic OH excluding ortho intramolecular Hbond substituents is 1. The van der Waals surface area contributed by atoms with Crippen molar-refractivity contribution in [3.8, 4) is 11.5 Å². The van der Waals surface area contributed by atoms with Gasteiger partial charge < -0.3 is 14.8 Å². The maximum absolute atomic E-state index is 12.1. The SMILES string of the molecule is COc1ccc(C(=O)c2cc[nH]c2Br)c(O)c1. The van der Waals surface area contributed by atoms with Gasteiger partial charge in [-0.25, -0.2) is 0 Å². The number of H-pyrrole nitrogens is 1. The number of methoxy groups -OCH3 is 1. The van der Waals surface area contributed by atoms with E-state index < -0.39 is 0 Å². The van der Waals surface area contributed by atoms with Crippen LogP contribution in [0.2, 0.25) is 0 Å². The molecule has 0 aliphatic carbocycles. The van der Waals surface area contributed by atoms with Crippen molar-refractivity contribution in [1.82, 2.24) is 4.98 Å². The lowest BCUT2D eigenvalue weighted by Gasteiger charge is -2.05. The second-order valence-corrected chi connectivity index (χ2v) is 4.21. The number of ether oxygens (including phenoxy) is 1. The van der Waals surface area contributed by atoms with Crippen molar-refractivity contribution in [2.24, 2.45) is 0 Å². The van der Waals surface area contributed by atoms with Crippen LogP contribution in [0.15, 0.2) is 35.1 Å². The van der Waals surface area contributed by atoms with Crippen LogP contribution in [0.5, 0.6) is 11.5 Å². The van der Waals surface area contributed by atoms with Crippen LogP contribution >= 0.6 is 15.9 Å².